The van der Waals surface area contributed by atoms with Crippen molar-refractivity contribution in [2.45, 2.75) is 13.2 Å². The maximum absolute atomic E-state index is 13.0. The molecule has 128 valence electrons. The Morgan fingerprint density at radius 2 is 1.76 bits per heavy atom. The molecular weight excluding hydrogens is 405 g/mol. The molecule has 0 saturated heterocycles. The second kappa shape index (κ2) is 8.37. The summed E-state index contributed by atoms with van der Waals surface area (Å²) in [6, 6.07) is 19.9. The molecule has 3 rings (SSSR count). The Morgan fingerprint density at radius 3 is 2.52 bits per heavy atom. The molecule has 0 atom stereocenters. The summed E-state index contributed by atoms with van der Waals surface area (Å²) in [4.78, 5) is 0. The minimum atomic E-state index is -0.249. The molecule has 0 aromatic heterocycles. The van der Waals surface area contributed by atoms with Crippen molar-refractivity contribution in [3.8, 4) is 5.75 Å². The quantitative estimate of drug-likeness (QED) is 0.496. The maximum Gasteiger partial charge on any atom is 0.124 e. The van der Waals surface area contributed by atoms with Gasteiger partial charge < -0.3 is 10.1 Å². The van der Waals surface area contributed by atoms with Crippen molar-refractivity contribution in [2.24, 2.45) is 0 Å². The summed E-state index contributed by atoms with van der Waals surface area (Å²) >= 11 is 9.50. The molecule has 0 aliphatic carbocycles. The molecule has 0 unspecified atom stereocenters. The van der Waals surface area contributed by atoms with E-state index < -0.39 is 0 Å². The number of hydrogen-bond acceptors (Lipinski definition) is 2. The lowest BCUT2D eigenvalue weighted by Crippen LogP contribution is -2.03. The molecular formula is C20H16BrClFNO. The lowest BCUT2D eigenvalue weighted by Gasteiger charge is -2.13. The van der Waals surface area contributed by atoms with E-state index in [4.69, 9.17) is 16.3 Å². The highest BCUT2D eigenvalue weighted by Crippen LogP contribution is 2.27. The van der Waals surface area contributed by atoms with Gasteiger partial charge in [-0.05, 0) is 57.9 Å². The van der Waals surface area contributed by atoms with Crippen molar-refractivity contribution in [1.29, 1.82) is 0 Å². The summed E-state index contributed by atoms with van der Waals surface area (Å²) in [5, 5.41) is 4.00. The van der Waals surface area contributed by atoms with Crippen LogP contribution in [0.15, 0.2) is 71.2 Å². The molecule has 3 aromatic rings. The zero-order valence-electron chi connectivity index (χ0n) is 13.3. The van der Waals surface area contributed by atoms with Gasteiger partial charge >= 0.3 is 0 Å². The zero-order chi connectivity index (χ0) is 17.6. The minimum absolute atomic E-state index is 0.249. The molecule has 0 spiro atoms. The summed E-state index contributed by atoms with van der Waals surface area (Å²) < 4.78 is 19.7. The summed E-state index contributed by atoms with van der Waals surface area (Å²) in [7, 11) is 0. The molecule has 5 heteroatoms. The molecule has 2 nitrogen and oxygen atoms in total. The number of benzene rings is 3. The molecule has 0 radical (unpaired) electrons. The lowest BCUT2D eigenvalue weighted by molar-refractivity contribution is 0.303. The number of rotatable bonds is 6. The first-order valence-corrected chi connectivity index (χ1v) is 8.93. The average Bonchev–Trinajstić information content (AvgIpc) is 2.63. The fraction of sp³-hybridized carbons (Fsp3) is 0.100. The van der Waals surface area contributed by atoms with E-state index in [-0.39, 0.29) is 5.82 Å². The highest BCUT2D eigenvalue weighted by atomic mass is 79.9. The molecule has 0 bridgehead atoms. The topological polar surface area (TPSA) is 21.3 Å². The monoisotopic (exact) mass is 419 g/mol. The van der Waals surface area contributed by atoms with Gasteiger partial charge in [0.05, 0.1) is 5.02 Å². The molecule has 1 N–H and O–H groups in total. The first-order valence-electron chi connectivity index (χ1n) is 7.76. The highest BCUT2D eigenvalue weighted by molar-refractivity contribution is 9.10. The number of para-hydroxylation sites is 1. The molecule has 0 aliphatic heterocycles. The van der Waals surface area contributed by atoms with E-state index in [2.05, 4.69) is 21.2 Å². The van der Waals surface area contributed by atoms with E-state index >= 15 is 0 Å². The second-order valence-electron chi connectivity index (χ2n) is 5.51. The van der Waals surface area contributed by atoms with Crippen molar-refractivity contribution in [3.63, 3.8) is 0 Å². The third-order valence-electron chi connectivity index (χ3n) is 3.68. The van der Waals surface area contributed by atoms with Gasteiger partial charge in [0.15, 0.2) is 0 Å². The number of hydrogen-bond donors (Lipinski definition) is 1. The fourth-order valence-electron chi connectivity index (χ4n) is 2.34. The highest BCUT2D eigenvalue weighted by Gasteiger charge is 2.05. The summed E-state index contributed by atoms with van der Waals surface area (Å²) in [5.41, 5.74) is 2.88. The van der Waals surface area contributed by atoms with Gasteiger partial charge in [-0.3, -0.25) is 0 Å². The SMILES string of the molecule is Fc1ccc(COc2ccccc2CNc2ccc(Br)c(Cl)c2)cc1. The van der Waals surface area contributed by atoms with Crippen LogP contribution in [0.25, 0.3) is 0 Å². The van der Waals surface area contributed by atoms with Crippen molar-refractivity contribution >= 4 is 33.2 Å². The molecule has 0 heterocycles. The van der Waals surface area contributed by atoms with Gasteiger partial charge in [-0.25, -0.2) is 4.39 Å². The Morgan fingerprint density at radius 1 is 1.00 bits per heavy atom. The number of halogens is 3. The standard InChI is InChI=1S/C20H16BrClFNO/c21-18-10-9-17(11-19(18)22)24-12-15-3-1-2-4-20(15)25-13-14-5-7-16(23)8-6-14/h1-11,24H,12-13H2. The van der Waals surface area contributed by atoms with E-state index in [1.54, 1.807) is 12.1 Å². The lowest BCUT2D eigenvalue weighted by atomic mass is 10.2. The average molecular weight is 421 g/mol. The van der Waals surface area contributed by atoms with Crippen molar-refractivity contribution in [3.05, 3.63) is 93.2 Å². The first kappa shape index (κ1) is 17.8. The third kappa shape index (κ3) is 4.97. The van der Waals surface area contributed by atoms with Gasteiger partial charge in [-0.2, -0.15) is 0 Å². The normalized spacial score (nSPS) is 10.5. The molecule has 0 saturated carbocycles. The van der Waals surface area contributed by atoms with Gasteiger partial charge in [-0.1, -0.05) is 41.9 Å². The van der Waals surface area contributed by atoms with Crippen molar-refractivity contribution in [2.75, 3.05) is 5.32 Å². The zero-order valence-corrected chi connectivity index (χ0v) is 15.6. The third-order valence-corrected chi connectivity index (χ3v) is 4.92. The Kier molecular flexibility index (Phi) is 5.95. The van der Waals surface area contributed by atoms with Crippen LogP contribution < -0.4 is 10.1 Å². The molecule has 0 fully saturated rings. The predicted molar refractivity (Wildman–Crippen MR) is 104 cm³/mol. The van der Waals surface area contributed by atoms with E-state index in [0.717, 1.165) is 27.0 Å². The summed E-state index contributed by atoms with van der Waals surface area (Å²) in [6.07, 6.45) is 0. The largest absolute Gasteiger partial charge is 0.489 e. The Balaban J connectivity index is 1.65. The number of ether oxygens (including phenoxy) is 1. The minimum Gasteiger partial charge on any atom is -0.489 e. The Labute approximate surface area is 159 Å². The van der Waals surface area contributed by atoms with Gasteiger partial charge in [0.25, 0.3) is 0 Å². The van der Waals surface area contributed by atoms with E-state index in [0.29, 0.717) is 18.2 Å². The van der Waals surface area contributed by atoms with Crippen molar-refractivity contribution < 1.29 is 9.13 Å². The van der Waals surface area contributed by atoms with Gasteiger partial charge in [0.1, 0.15) is 18.2 Å². The first-order chi connectivity index (χ1) is 12.1. The van der Waals surface area contributed by atoms with Gasteiger partial charge in [-0.15, -0.1) is 0 Å². The second-order valence-corrected chi connectivity index (χ2v) is 6.77. The molecule has 25 heavy (non-hydrogen) atoms. The van der Waals surface area contributed by atoms with Crippen LogP contribution in [-0.4, -0.2) is 0 Å². The summed E-state index contributed by atoms with van der Waals surface area (Å²) in [6.45, 7) is 0.999. The Bertz CT molecular complexity index is 855. The van der Waals surface area contributed by atoms with Crippen LogP contribution in [0.1, 0.15) is 11.1 Å². The van der Waals surface area contributed by atoms with Crippen LogP contribution in [0.3, 0.4) is 0 Å². The predicted octanol–water partition coefficient (Wildman–Crippen LogP) is 6.43. The van der Waals surface area contributed by atoms with E-state index in [1.165, 1.54) is 12.1 Å². The van der Waals surface area contributed by atoms with E-state index in [9.17, 15) is 4.39 Å². The molecule has 0 aliphatic rings. The van der Waals surface area contributed by atoms with Gasteiger partial charge in [0, 0.05) is 22.3 Å². The van der Waals surface area contributed by atoms with Crippen LogP contribution in [0, 0.1) is 5.82 Å². The number of nitrogens with one attached hydrogen (secondary N) is 1. The summed E-state index contributed by atoms with van der Waals surface area (Å²) in [5.74, 6) is 0.545. The van der Waals surface area contributed by atoms with Crippen LogP contribution in [-0.2, 0) is 13.2 Å². The molecule has 3 aromatic carbocycles. The van der Waals surface area contributed by atoms with E-state index in [1.807, 2.05) is 42.5 Å². The smallest absolute Gasteiger partial charge is 0.124 e. The van der Waals surface area contributed by atoms with Crippen LogP contribution >= 0.6 is 27.5 Å². The van der Waals surface area contributed by atoms with Crippen molar-refractivity contribution in [1.82, 2.24) is 0 Å². The van der Waals surface area contributed by atoms with Crippen LogP contribution in [0.5, 0.6) is 5.75 Å². The Hall–Kier alpha value is -2.04. The fourth-order valence-corrected chi connectivity index (χ4v) is 2.76. The van der Waals surface area contributed by atoms with Crippen LogP contribution in [0.4, 0.5) is 10.1 Å². The van der Waals surface area contributed by atoms with Gasteiger partial charge in [0.2, 0.25) is 0 Å². The van der Waals surface area contributed by atoms with Crippen LogP contribution in [0.2, 0.25) is 5.02 Å². The molecule has 0 amide bonds. The maximum atomic E-state index is 13.0. The number of anilines is 1.